The number of ketones is 1. The summed E-state index contributed by atoms with van der Waals surface area (Å²) in [5.74, 6) is -0.660. The second-order valence-corrected chi connectivity index (χ2v) is 10.0. The predicted octanol–water partition coefficient (Wildman–Crippen LogP) is 4.29. The zero-order valence-electron chi connectivity index (χ0n) is 22.6. The van der Waals surface area contributed by atoms with Crippen molar-refractivity contribution in [3.8, 4) is 0 Å². The number of rotatable bonds is 13. The van der Waals surface area contributed by atoms with Crippen LogP contribution in [0.1, 0.15) is 58.1 Å². The van der Waals surface area contributed by atoms with Crippen LogP contribution in [0, 0.1) is 0 Å². The highest BCUT2D eigenvalue weighted by Crippen LogP contribution is 2.10. The van der Waals surface area contributed by atoms with Crippen molar-refractivity contribution in [1.82, 2.24) is 16.0 Å². The molecule has 206 valence electrons. The van der Waals surface area contributed by atoms with Crippen molar-refractivity contribution in [2.24, 2.45) is 0 Å². The first kappa shape index (κ1) is 30.3. The topological polar surface area (TPSA) is 123 Å². The maximum Gasteiger partial charge on any atom is 0.408 e. The normalized spacial score (nSPS) is 12.5. The van der Waals surface area contributed by atoms with E-state index in [1.807, 2.05) is 60.7 Å². The molecule has 0 spiro atoms. The van der Waals surface area contributed by atoms with Crippen LogP contribution >= 0.6 is 0 Å². The molecule has 2 rings (SSSR count). The Morgan fingerprint density at radius 3 is 1.97 bits per heavy atom. The molecule has 38 heavy (non-hydrogen) atoms. The van der Waals surface area contributed by atoms with Crippen LogP contribution in [-0.2, 0) is 32.1 Å². The minimum absolute atomic E-state index is 0.187. The molecule has 0 saturated heterocycles. The van der Waals surface area contributed by atoms with Gasteiger partial charge in [-0.3, -0.25) is 9.59 Å². The molecule has 9 nitrogen and oxygen atoms in total. The fourth-order valence-electron chi connectivity index (χ4n) is 3.60. The minimum atomic E-state index is -0.921. The lowest BCUT2D eigenvalue weighted by Gasteiger charge is -2.25. The number of carbonyl (C=O) groups is 4. The number of carbonyl (C=O) groups excluding carboxylic acids is 4. The first-order valence-corrected chi connectivity index (χ1v) is 12.8. The first-order valence-electron chi connectivity index (χ1n) is 12.8. The van der Waals surface area contributed by atoms with Gasteiger partial charge in [-0.2, -0.15) is 0 Å². The maximum absolute atomic E-state index is 13.1. The van der Waals surface area contributed by atoms with Gasteiger partial charge in [-0.25, -0.2) is 9.59 Å². The molecule has 1 unspecified atom stereocenters. The van der Waals surface area contributed by atoms with Crippen molar-refractivity contribution in [3.63, 3.8) is 0 Å². The highest BCUT2D eigenvalue weighted by atomic mass is 16.6. The van der Waals surface area contributed by atoms with Gasteiger partial charge in [0.25, 0.3) is 0 Å². The molecule has 0 aliphatic heterocycles. The number of hydrogen-bond donors (Lipinski definition) is 3. The number of Topliss-reactive ketones (excluding diaryl/α,β-unsaturated/α-hetero) is 1. The smallest absolute Gasteiger partial charge is 0.408 e. The van der Waals surface area contributed by atoms with Crippen LogP contribution in [0.5, 0.6) is 0 Å². The van der Waals surface area contributed by atoms with E-state index in [0.29, 0.717) is 25.8 Å². The third kappa shape index (κ3) is 12.4. The number of amides is 3. The highest BCUT2D eigenvalue weighted by Gasteiger charge is 2.27. The number of alkyl carbamates (subject to hydrolysis) is 2. The Hall–Kier alpha value is -3.88. The number of unbranched alkanes of at least 4 members (excludes halogenated alkanes) is 1. The molecular weight excluding hydrogens is 486 g/mol. The van der Waals surface area contributed by atoms with Crippen molar-refractivity contribution in [2.75, 3.05) is 6.54 Å². The zero-order chi connectivity index (χ0) is 28.0. The Labute approximate surface area is 224 Å². The molecular formula is C29H39N3O6. The van der Waals surface area contributed by atoms with E-state index in [1.165, 1.54) is 6.92 Å². The molecule has 3 N–H and O–H groups in total. The van der Waals surface area contributed by atoms with Crippen LogP contribution in [0.3, 0.4) is 0 Å². The second-order valence-electron chi connectivity index (χ2n) is 10.0. The van der Waals surface area contributed by atoms with Crippen LogP contribution in [0.2, 0.25) is 0 Å². The molecule has 0 bridgehead atoms. The summed E-state index contributed by atoms with van der Waals surface area (Å²) in [6.45, 7) is 7.20. The Bertz CT molecular complexity index is 1040. The Morgan fingerprint density at radius 1 is 0.789 bits per heavy atom. The molecule has 2 atom stereocenters. The molecule has 0 fully saturated rings. The predicted molar refractivity (Wildman–Crippen MR) is 144 cm³/mol. The lowest BCUT2D eigenvalue weighted by Crippen LogP contribution is -2.53. The van der Waals surface area contributed by atoms with E-state index in [9.17, 15) is 19.2 Å². The van der Waals surface area contributed by atoms with Gasteiger partial charge in [-0.05, 0) is 58.1 Å². The van der Waals surface area contributed by atoms with E-state index in [-0.39, 0.29) is 18.8 Å². The zero-order valence-corrected chi connectivity index (χ0v) is 22.6. The van der Waals surface area contributed by atoms with Gasteiger partial charge in [0, 0.05) is 13.0 Å². The average molecular weight is 526 g/mol. The number of hydrogen-bond acceptors (Lipinski definition) is 6. The van der Waals surface area contributed by atoms with Crippen molar-refractivity contribution in [1.29, 1.82) is 0 Å². The Morgan fingerprint density at radius 2 is 1.39 bits per heavy atom. The summed E-state index contributed by atoms with van der Waals surface area (Å²) in [5.41, 5.74) is 1.03. The van der Waals surface area contributed by atoms with Crippen molar-refractivity contribution < 1.29 is 28.7 Å². The van der Waals surface area contributed by atoms with Crippen LogP contribution in [0.15, 0.2) is 60.7 Å². The summed E-state index contributed by atoms with van der Waals surface area (Å²) < 4.78 is 10.5. The van der Waals surface area contributed by atoms with Gasteiger partial charge in [0.2, 0.25) is 5.91 Å². The lowest BCUT2D eigenvalue weighted by atomic mass is 10.0. The van der Waals surface area contributed by atoms with Crippen LogP contribution < -0.4 is 16.0 Å². The molecule has 0 radical (unpaired) electrons. The molecule has 2 aromatic carbocycles. The number of ether oxygens (including phenoxy) is 2. The van der Waals surface area contributed by atoms with Gasteiger partial charge in [0.05, 0.1) is 6.04 Å². The Kier molecular flexibility index (Phi) is 12.3. The highest BCUT2D eigenvalue weighted by molar-refractivity contribution is 5.91. The van der Waals surface area contributed by atoms with Gasteiger partial charge in [-0.15, -0.1) is 0 Å². The van der Waals surface area contributed by atoms with Crippen molar-refractivity contribution in [3.05, 3.63) is 71.8 Å². The fraction of sp³-hybridized carbons (Fsp3) is 0.448. The monoisotopic (exact) mass is 525 g/mol. The van der Waals surface area contributed by atoms with Gasteiger partial charge in [0.15, 0.2) is 5.78 Å². The maximum atomic E-state index is 13.1. The summed E-state index contributed by atoms with van der Waals surface area (Å²) >= 11 is 0. The molecule has 0 saturated carbocycles. The summed E-state index contributed by atoms with van der Waals surface area (Å²) in [6.07, 6.45) is 0.605. The van der Waals surface area contributed by atoms with E-state index in [0.717, 1.165) is 11.1 Å². The molecule has 0 heterocycles. The van der Waals surface area contributed by atoms with Crippen molar-refractivity contribution in [2.45, 2.75) is 77.7 Å². The van der Waals surface area contributed by atoms with Crippen LogP contribution in [-0.4, -0.2) is 48.1 Å². The minimum Gasteiger partial charge on any atom is -0.445 e. The lowest BCUT2D eigenvalue weighted by molar-refractivity contribution is -0.128. The summed E-state index contributed by atoms with van der Waals surface area (Å²) in [6, 6.07) is 17.0. The molecule has 0 aliphatic rings. The average Bonchev–Trinajstić information content (AvgIpc) is 2.86. The summed E-state index contributed by atoms with van der Waals surface area (Å²) in [4.78, 5) is 49.6. The van der Waals surface area contributed by atoms with Gasteiger partial charge < -0.3 is 25.4 Å². The van der Waals surface area contributed by atoms with E-state index in [4.69, 9.17) is 9.47 Å². The number of benzene rings is 2. The van der Waals surface area contributed by atoms with E-state index < -0.39 is 35.8 Å². The van der Waals surface area contributed by atoms with E-state index in [1.54, 1.807) is 20.8 Å². The summed E-state index contributed by atoms with van der Waals surface area (Å²) in [7, 11) is 0. The van der Waals surface area contributed by atoms with Gasteiger partial charge in [-0.1, -0.05) is 60.7 Å². The standard InChI is InChI=1S/C29H39N3O6/c1-21(33)24(17-11-12-18-30-27(35)37-20-23-15-9-6-10-16-23)31-26(34)25(19-22-13-7-5-8-14-22)32-28(36)38-29(2,3)4/h5-10,13-16,24-25H,11-12,17-20H2,1-4H3,(H,30,35)(H,31,34)(H,32,36)/t24?,25-/m0/s1. The largest absolute Gasteiger partial charge is 0.445 e. The molecule has 0 aromatic heterocycles. The van der Waals surface area contributed by atoms with Crippen LogP contribution in [0.4, 0.5) is 9.59 Å². The number of nitrogens with one attached hydrogen (secondary N) is 3. The molecule has 2 aromatic rings. The van der Waals surface area contributed by atoms with Gasteiger partial charge in [0.1, 0.15) is 18.2 Å². The fourth-order valence-corrected chi connectivity index (χ4v) is 3.60. The third-order valence-corrected chi connectivity index (χ3v) is 5.50. The van der Waals surface area contributed by atoms with E-state index in [2.05, 4.69) is 16.0 Å². The molecule has 9 heteroatoms. The molecule has 3 amide bonds. The second kappa shape index (κ2) is 15.4. The quantitative estimate of drug-likeness (QED) is 0.335. The summed E-state index contributed by atoms with van der Waals surface area (Å²) in [5, 5.41) is 8.09. The molecule has 0 aliphatic carbocycles. The van der Waals surface area contributed by atoms with Crippen LogP contribution in [0.25, 0.3) is 0 Å². The Balaban J connectivity index is 1.84. The first-order chi connectivity index (χ1) is 18.0. The SMILES string of the molecule is CC(=O)C(CCCCNC(=O)OCc1ccccc1)NC(=O)[C@H](Cc1ccccc1)NC(=O)OC(C)(C)C. The van der Waals surface area contributed by atoms with Crippen molar-refractivity contribution >= 4 is 23.9 Å². The van der Waals surface area contributed by atoms with E-state index >= 15 is 0 Å². The van der Waals surface area contributed by atoms with Gasteiger partial charge >= 0.3 is 12.2 Å². The third-order valence-electron chi connectivity index (χ3n) is 5.50.